The van der Waals surface area contributed by atoms with Crippen molar-refractivity contribution in [2.75, 3.05) is 4.90 Å². The minimum Gasteiger partial charge on any atom is -0.274 e. The third-order valence-corrected chi connectivity index (χ3v) is 4.22. The molecule has 2 atom stereocenters. The van der Waals surface area contributed by atoms with Crippen LogP contribution in [0.5, 0.6) is 0 Å². The molecule has 1 aromatic carbocycles. The molecule has 1 aromatic rings. The van der Waals surface area contributed by atoms with Crippen molar-refractivity contribution in [3.05, 3.63) is 41.1 Å². The number of carbonyl (C=O) groups is 2. The summed E-state index contributed by atoms with van der Waals surface area (Å²) in [6, 6.07) is 4.92. The number of hydrogen-bond acceptors (Lipinski definition) is 4. The molecule has 2 rings (SSSR count). The number of anilines is 1. The fourth-order valence-corrected chi connectivity index (χ4v) is 2.66. The SMILES string of the molecule is [N-]=[N+]=NS(=O)(=O)c1ccc(N2C(=O)[CH]C(P)C2=O)cc1. The van der Waals surface area contributed by atoms with Crippen LogP contribution in [0.15, 0.2) is 33.7 Å². The highest BCUT2D eigenvalue weighted by molar-refractivity contribution is 7.90. The highest BCUT2D eigenvalue weighted by Crippen LogP contribution is 2.27. The Kier molecular flexibility index (Phi) is 3.76. The quantitative estimate of drug-likeness (QED) is 0.272. The number of benzene rings is 1. The third-order valence-electron chi connectivity index (χ3n) is 2.58. The molecule has 1 heterocycles. The number of rotatable bonds is 3. The molecule has 2 unspecified atom stereocenters. The summed E-state index contributed by atoms with van der Waals surface area (Å²) in [6.45, 7) is 0. The van der Waals surface area contributed by atoms with E-state index in [9.17, 15) is 18.0 Å². The van der Waals surface area contributed by atoms with Crippen LogP contribution in [0.1, 0.15) is 0 Å². The molecule has 0 saturated carbocycles. The van der Waals surface area contributed by atoms with Gasteiger partial charge in [0, 0.05) is 9.43 Å². The van der Waals surface area contributed by atoms with E-state index < -0.39 is 27.5 Å². The molecule has 1 aliphatic rings. The van der Waals surface area contributed by atoms with Gasteiger partial charge in [-0.2, -0.15) is 0 Å². The zero-order valence-electron chi connectivity index (χ0n) is 9.87. The second-order valence-electron chi connectivity index (χ2n) is 3.84. The summed E-state index contributed by atoms with van der Waals surface area (Å²) in [5.74, 6) is -0.883. The average molecular weight is 311 g/mol. The van der Waals surface area contributed by atoms with Gasteiger partial charge in [0.05, 0.1) is 22.7 Å². The molecule has 0 spiro atoms. The topological polar surface area (TPSA) is 120 Å². The number of carbonyl (C=O) groups excluding carboxylic acids is 2. The van der Waals surface area contributed by atoms with Gasteiger partial charge in [0.1, 0.15) is 0 Å². The van der Waals surface area contributed by atoms with Gasteiger partial charge in [-0.1, -0.05) is 0 Å². The smallest absolute Gasteiger partial charge is 0.264 e. The second kappa shape index (κ2) is 5.20. The number of sulfonamides is 1. The largest absolute Gasteiger partial charge is 0.274 e. The van der Waals surface area contributed by atoms with E-state index in [1.54, 1.807) is 0 Å². The van der Waals surface area contributed by atoms with E-state index in [1.165, 1.54) is 18.6 Å². The van der Waals surface area contributed by atoms with E-state index in [1.807, 2.05) is 0 Å². The Morgan fingerprint density at radius 1 is 1.25 bits per heavy atom. The molecule has 0 aromatic heterocycles. The van der Waals surface area contributed by atoms with Gasteiger partial charge in [-0.15, -0.1) is 9.24 Å². The van der Waals surface area contributed by atoms with Crippen molar-refractivity contribution in [2.45, 2.75) is 10.6 Å². The summed E-state index contributed by atoms with van der Waals surface area (Å²) in [4.78, 5) is 26.4. The first-order valence-corrected chi connectivity index (χ1v) is 7.37. The van der Waals surface area contributed by atoms with Gasteiger partial charge in [-0.25, -0.2) is 13.3 Å². The molecule has 8 nitrogen and oxygen atoms in total. The van der Waals surface area contributed by atoms with Crippen molar-refractivity contribution < 1.29 is 18.0 Å². The molecular weight excluding hydrogens is 303 g/mol. The lowest BCUT2D eigenvalue weighted by Gasteiger charge is -2.14. The van der Waals surface area contributed by atoms with Crippen LogP contribution in [-0.4, -0.2) is 25.9 Å². The van der Waals surface area contributed by atoms with E-state index in [4.69, 9.17) is 5.53 Å². The fraction of sp³-hybridized carbons (Fsp3) is 0.100. The molecular formula is C10H8N4O4PS. The van der Waals surface area contributed by atoms with Gasteiger partial charge in [-0.3, -0.25) is 9.59 Å². The summed E-state index contributed by atoms with van der Waals surface area (Å²) in [5.41, 5.74) is 7.83. The van der Waals surface area contributed by atoms with E-state index in [-0.39, 0.29) is 10.6 Å². The Morgan fingerprint density at radius 2 is 1.85 bits per heavy atom. The Balaban J connectivity index is 2.37. The second-order valence-corrected chi connectivity index (χ2v) is 6.15. The summed E-state index contributed by atoms with van der Waals surface area (Å²) < 4.78 is 25.6. The maximum Gasteiger partial charge on any atom is 0.264 e. The number of imide groups is 1. The Morgan fingerprint density at radius 3 is 2.30 bits per heavy atom. The van der Waals surface area contributed by atoms with Crippen LogP contribution in [0, 0.1) is 6.42 Å². The van der Waals surface area contributed by atoms with Crippen LogP contribution in [-0.2, 0) is 19.6 Å². The molecule has 0 bridgehead atoms. The third kappa shape index (κ3) is 2.51. The molecule has 0 aliphatic carbocycles. The van der Waals surface area contributed by atoms with Crippen LogP contribution in [0.2, 0.25) is 0 Å². The summed E-state index contributed by atoms with van der Waals surface area (Å²) in [5, 5.41) is 0. The normalized spacial score (nSPS) is 19.1. The first-order valence-electron chi connectivity index (χ1n) is 5.26. The minimum absolute atomic E-state index is 0.218. The number of azide groups is 1. The van der Waals surface area contributed by atoms with Crippen LogP contribution >= 0.6 is 9.24 Å². The fourth-order valence-electron chi connectivity index (χ4n) is 1.67. The van der Waals surface area contributed by atoms with Gasteiger partial charge in [0.25, 0.3) is 10.0 Å². The number of amides is 2. The van der Waals surface area contributed by atoms with E-state index in [0.29, 0.717) is 0 Å². The Bertz CT molecular complexity index is 724. The average Bonchev–Trinajstić information content (AvgIpc) is 2.63. The maximum absolute atomic E-state index is 11.8. The summed E-state index contributed by atoms with van der Waals surface area (Å²) in [7, 11) is -1.85. The molecule has 2 amide bonds. The zero-order chi connectivity index (χ0) is 14.9. The van der Waals surface area contributed by atoms with E-state index in [0.717, 1.165) is 17.0 Å². The van der Waals surface area contributed by atoms with Crippen molar-refractivity contribution in [2.24, 2.45) is 4.52 Å². The lowest BCUT2D eigenvalue weighted by molar-refractivity contribution is -0.120. The lowest BCUT2D eigenvalue weighted by atomic mass is 10.3. The van der Waals surface area contributed by atoms with Crippen molar-refractivity contribution >= 4 is 36.8 Å². The maximum atomic E-state index is 11.8. The molecule has 1 aliphatic heterocycles. The molecule has 20 heavy (non-hydrogen) atoms. The molecule has 1 radical (unpaired) electrons. The molecule has 103 valence electrons. The highest BCUT2D eigenvalue weighted by atomic mass is 32.2. The van der Waals surface area contributed by atoms with E-state index >= 15 is 0 Å². The predicted octanol–water partition coefficient (Wildman–Crippen LogP) is 1.01. The van der Waals surface area contributed by atoms with Gasteiger partial charge >= 0.3 is 0 Å². The van der Waals surface area contributed by atoms with E-state index in [2.05, 4.69) is 18.7 Å². The monoisotopic (exact) mass is 311 g/mol. The predicted molar refractivity (Wildman–Crippen MR) is 73.1 cm³/mol. The van der Waals surface area contributed by atoms with Crippen LogP contribution in [0.25, 0.3) is 10.4 Å². The van der Waals surface area contributed by atoms with Crippen molar-refractivity contribution in [1.29, 1.82) is 0 Å². The minimum atomic E-state index is -4.08. The lowest BCUT2D eigenvalue weighted by Crippen LogP contribution is -2.30. The van der Waals surface area contributed by atoms with Gasteiger partial charge < -0.3 is 0 Å². The van der Waals surface area contributed by atoms with Crippen LogP contribution in [0.4, 0.5) is 5.69 Å². The Hall–Kier alpha value is -1.95. The molecule has 1 fully saturated rings. The van der Waals surface area contributed by atoms with Gasteiger partial charge in [-0.05, 0) is 29.8 Å². The highest BCUT2D eigenvalue weighted by Gasteiger charge is 2.37. The number of hydrogen-bond donors (Lipinski definition) is 0. The van der Waals surface area contributed by atoms with Crippen molar-refractivity contribution in [1.82, 2.24) is 0 Å². The van der Waals surface area contributed by atoms with Gasteiger partial charge in [0.2, 0.25) is 11.8 Å². The standard InChI is InChI=1S/C10H8N4O4PS/c11-12-13-20(17,18)7-3-1-6(2-4-7)14-9(15)5-8(19)10(14)16/h1-5,8H,19H2. The first-order chi connectivity index (χ1) is 9.36. The van der Waals surface area contributed by atoms with Crippen molar-refractivity contribution in [3.63, 3.8) is 0 Å². The van der Waals surface area contributed by atoms with Crippen LogP contribution in [0.3, 0.4) is 0 Å². The van der Waals surface area contributed by atoms with Crippen LogP contribution < -0.4 is 4.90 Å². The molecule has 10 heteroatoms. The molecule has 0 N–H and O–H groups in total. The molecule has 1 saturated heterocycles. The van der Waals surface area contributed by atoms with Crippen molar-refractivity contribution in [3.8, 4) is 0 Å². The number of nitrogens with zero attached hydrogens (tertiary/aromatic N) is 4. The zero-order valence-corrected chi connectivity index (χ0v) is 11.8. The summed E-state index contributed by atoms with van der Waals surface area (Å²) >= 11 is 0. The Labute approximate surface area is 116 Å². The first kappa shape index (κ1) is 14.5. The summed E-state index contributed by atoms with van der Waals surface area (Å²) in [6.07, 6.45) is 1.25. The van der Waals surface area contributed by atoms with Gasteiger partial charge in [0.15, 0.2) is 0 Å².